The summed E-state index contributed by atoms with van der Waals surface area (Å²) >= 11 is 0. The smallest absolute Gasteiger partial charge is 0.0610 e. The van der Waals surface area contributed by atoms with E-state index in [0.717, 1.165) is 65.3 Å². The van der Waals surface area contributed by atoms with Gasteiger partial charge in [0.05, 0.1) is 6.17 Å². The number of rotatable bonds is 7. The van der Waals surface area contributed by atoms with Gasteiger partial charge in [0.1, 0.15) is 0 Å². The summed E-state index contributed by atoms with van der Waals surface area (Å²) in [6.07, 6.45) is 1.50. The van der Waals surface area contributed by atoms with E-state index in [0.29, 0.717) is 6.17 Å². The van der Waals surface area contributed by atoms with Crippen molar-refractivity contribution in [2.24, 2.45) is 5.73 Å². The summed E-state index contributed by atoms with van der Waals surface area (Å²) in [5.74, 6) is 0. The van der Waals surface area contributed by atoms with Gasteiger partial charge in [0.25, 0.3) is 0 Å². The van der Waals surface area contributed by atoms with Crippen LogP contribution in [-0.4, -0.2) is 88.0 Å². The molecule has 5 N–H and O–H groups in total. The van der Waals surface area contributed by atoms with E-state index in [-0.39, 0.29) is 0 Å². The van der Waals surface area contributed by atoms with Crippen LogP contribution in [0.1, 0.15) is 6.42 Å². The average Bonchev–Trinajstić information content (AvgIpc) is 2.48. The number of nitrogens with zero attached hydrogens (tertiary/aromatic N) is 2. The molecule has 0 aromatic rings. The number of nitrogens with two attached hydrogens (primary N) is 1. The van der Waals surface area contributed by atoms with Crippen LogP contribution in [0.25, 0.3) is 0 Å². The molecule has 2 saturated heterocycles. The Morgan fingerprint density at radius 3 is 2.26 bits per heavy atom. The third kappa shape index (κ3) is 5.33. The molecule has 0 amide bonds. The van der Waals surface area contributed by atoms with Crippen molar-refractivity contribution in [3.05, 3.63) is 0 Å². The topological polar surface area (TPSA) is 68.6 Å². The highest BCUT2D eigenvalue weighted by Crippen LogP contribution is 2.02. The predicted octanol–water partition coefficient (Wildman–Crippen LogP) is -1.94. The molecule has 2 fully saturated rings. The molecule has 2 rings (SSSR count). The van der Waals surface area contributed by atoms with Gasteiger partial charge in [-0.1, -0.05) is 0 Å². The summed E-state index contributed by atoms with van der Waals surface area (Å²) in [5, 5.41) is 10.5. The second-order valence-corrected chi connectivity index (χ2v) is 5.42. The Kier molecular flexibility index (Phi) is 7.05. The number of hydrogen-bond acceptors (Lipinski definition) is 6. The molecule has 1 unspecified atom stereocenters. The van der Waals surface area contributed by atoms with Crippen molar-refractivity contribution >= 4 is 0 Å². The normalized spacial score (nSPS) is 24.5. The van der Waals surface area contributed by atoms with Crippen molar-refractivity contribution in [3.8, 4) is 0 Å². The standard InChI is InChI=1S/C13H30N6/c14-2-1-13(19-11-5-16-6-12-19)17-7-10-18-8-3-15-4-9-18/h13,15-17H,1-12,14H2. The Hall–Kier alpha value is -0.240. The molecule has 0 spiro atoms. The predicted molar refractivity (Wildman–Crippen MR) is 79.2 cm³/mol. The summed E-state index contributed by atoms with van der Waals surface area (Å²) in [6, 6.07) is 0. The largest absolute Gasteiger partial charge is 0.330 e. The van der Waals surface area contributed by atoms with Gasteiger partial charge >= 0.3 is 0 Å². The molecule has 19 heavy (non-hydrogen) atoms. The first-order valence-electron chi connectivity index (χ1n) is 7.71. The molecule has 0 aromatic heterocycles. The molecule has 6 nitrogen and oxygen atoms in total. The van der Waals surface area contributed by atoms with Gasteiger partial charge in [0.15, 0.2) is 0 Å². The summed E-state index contributed by atoms with van der Waals surface area (Å²) in [4.78, 5) is 5.06. The Balaban J connectivity index is 1.66. The monoisotopic (exact) mass is 270 g/mol. The molecule has 0 radical (unpaired) electrons. The maximum Gasteiger partial charge on any atom is 0.0610 e. The minimum atomic E-state index is 0.454. The molecule has 2 aliphatic rings. The summed E-state index contributed by atoms with van der Waals surface area (Å²) in [5.41, 5.74) is 5.75. The van der Waals surface area contributed by atoms with E-state index in [1.54, 1.807) is 0 Å². The Bertz CT molecular complexity index is 225. The zero-order valence-electron chi connectivity index (χ0n) is 12.0. The van der Waals surface area contributed by atoms with Crippen LogP contribution < -0.4 is 21.7 Å². The number of hydrogen-bond donors (Lipinski definition) is 4. The molecule has 0 aliphatic carbocycles. The molecule has 6 heteroatoms. The number of piperazine rings is 2. The maximum atomic E-state index is 5.75. The van der Waals surface area contributed by atoms with Gasteiger partial charge in [-0.2, -0.15) is 0 Å². The molecule has 2 heterocycles. The fourth-order valence-electron chi connectivity index (χ4n) is 2.89. The van der Waals surface area contributed by atoms with E-state index in [9.17, 15) is 0 Å². The molecule has 1 atom stereocenters. The maximum absolute atomic E-state index is 5.75. The van der Waals surface area contributed by atoms with Crippen molar-refractivity contribution < 1.29 is 0 Å². The molecule has 0 saturated carbocycles. The van der Waals surface area contributed by atoms with Crippen molar-refractivity contribution in [3.63, 3.8) is 0 Å². The average molecular weight is 270 g/mol. The van der Waals surface area contributed by atoms with E-state index in [4.69, 9.17) is 5.73 Å². The molecular weight excluding hydrogens is 240 g/mol. The third-order valence-corrected chi connectivity index (χ3v) is 4.05. The van der Waals surface area contributed by atoms with Crippen LogP contribution in [0.15, 0.2) is 0 Å². The lowest BCUT2D eigenvalue weighted by Crippen LogP contribution is -2.55. The van der Waals surface area contributed by atoms with E-state index in [1.165, 1.54) is 13.1 Å². The highest BCUT2D eigenvalue weighted by molar-refractivity contribution is 4.76. The van der Waals surface area contributed by atoms with Gasteiger partial charge in [0, 0.05) is 65.4 Å². The summed E-state index contributed by atoms with van der Waals surface area (Å²) < 4.78 is 0. The molecule has 0 bridgehead atoms. The van der Waals surface area contributed by atoms with Gasteiger partial charge in [-0.15, -0.1) is 0 Å². The van der Waals surface area contributed by atoms with E-state index >= 15 is 0 Å². The lowest BCUT2D eigenvalue weighted by Gasteiger charge is -2.36. The van der Waals surface area contributed by atoms with Crippen LogP contribution in [0.2, 0.25) is 0 Å². The van der Waals surface area contributed by atoms with Gasteiger partial charge < -0.3 is 21.7 Å². The van der Waals surface area contributed by atoms with Crippen LogP contribution in [0, 0.1) is 0 Å². The van der Waals surface area contributed by atoms with Crippen LogP contribution in [0.5, 0.6) is 0 Å². The summed E-state index contributed by atoms with van der Waals surface area (Å²) in [6.45, 7) is 12.0. The zero-order chi connectivity index (χ0) is 13.3. The Labute approximate surface area is 117 Å². The first kappa shape index (κ1) is 15.2. The van der Waals surface area contributed by atoms with Crippen LogP contribution in [0.3, 0.4) is 0 Å². The highest BCUT2D eigenvalue weighted by atomic mass is 15.3. The fourth-order valence-corrected chi connectivity index (χ4v) is 2.89. The van der Waals surface area contributed by atoms with Gasteiger partial charge in [-0.05, 0) is 13.0 Å². The second kappa shape index (κ2) is 8.84. The third-order valence-electron chi connectivity index (χ3n) is 4.05. The Morgan fingerprint density at radius 2 is 1.63 bits per heavy atom. The van der Waals surface area contributed by atoms with Crippen molar-refractivity contribution in [2.75, 3.05) is 72.0 Å². The quantitative estimate of drug-likeness (QED) is 0.432. The molecule has 2 aliphatic heterocycles. The SMILES string of the molecule is NCCC(NCCN1CCNCC1)N1CCNCC1. The lowest BCUT2D eigenvalue weighted by atomic mass is 10.2. The minimum absolute atomic E-state index is 0.454. The summed E-state index contributed by atoms with van der Waals surface area (Å²) in [7, 11) is 0. The van der Waals surface area contributed by atoms with Crippen molar-refractivity contribution in [2.45, 2.75) is 12.6 Å². The van der Waals surface area contributed by atoms with Gasteiger partial charge in [-0.25, -0.2) is 0 Å². The first-order chi connectivity index (χ1) is 9.40. The van der Waals surface area contributed by atoms with E-state index in [2.05, 4.69) is 25.8 Å². The first-order valence-corrected chi connectivity index (χ1v) is 7.71. The Morgan fingerprint density at radius 1 is 1.00 bits per heavy atom. The van der Waals surface area contributed by atoms with Crippen LogP contribution >= 0.6 is 0 Å². The van der Waals surface area contributed by atoms with E-state index in [1.807, 2.05) is 0 Å². The van der Waals surface area contributed by atoms with E-state index < -0.39 is 0 Å². The zero-order valence-corrected chi connectivity index (χ0v) is 12.0. The fraction of sp³-hybridized carbons (Fsp3) is 1.00. The highest BCUT2D eigenvalue weighted by Gasteiger charge is 2.19. The van der Waals surface area contributed by atoms with Crippen LogP contribution in [0.4, 0.5) is 0 Å². The number of nitrogens with one attached hydrogen (secondary N) is 3. The molecular formula is C13H30N6. The minimum Gasteiger partial charge on any atom is -0.330 e. The lowest BCUT2D eigenvalue weighted by molar-refractivity contribution is 0.133. The van der Waals surface area contributed by atoms with Gasteiger partial charge in [-0.3, -0.25) is 9.80 Å². The molecule has 112 valence electrons. The van der Waals surface area contributed by atoms with Crippen molar-refractivity contribution in [1.29, 1.82) is 0 Å². The molecule has 0 aromatic carbocycles. The van der Waals surface area contributed by atoms with Crippen molar-refractivity contribution in [1.82, 2.24) is 25.8 Å². The van der Waals surface area contributed by atoms with Crippen LogP contribution in [-0.2, 0) is 0 Å². The van der Waals surface area contributed by atoms with Gasteiger partial charge in [0.2, 0.25) is 0 Å². The second-order valence-electron chi connectivity index (χ2n) is 5.42.